The van der Waals surface area contributed by atoms with Crippen LogP contribution in [0, 0.1) is 20.8 Å². The molecule has 2 N–H and O–H groups in total. The van der Waals surface area contributed by atoms with E-state index in [0.717, 1.165) is 37.5 Å². The standard InChI is InChI=1S/C24H32N2O.2ClH/c1-16-17(2)23-21(18(3)22(16)25)14-24(4,27-23)15-26-12-10-20(11-13-26)19-8-6-5-7-9-19;;/h5-9,20H,10-15,25H2,1-4H3;2*1H/t24-;;/m1../s1. The topological polar surface area (TPSA) is 38.5 Å². The monoisotopic (exact) mass is 436 g/mol. The van der Waals surface area contributed by atoms with Gasteiger partial charge in [0.2, 0.25) is 0 Å². The smallest absolute Gasteiger partial charge is 0.127 e. The molecule has 1 atom stereocenters. The molecule has 0 radical (unpaired) electrons. The lowest BCUT2D eigenvalue weighted by molar-refractivity contribution is 0.0523. The first kappa shape index (κ1) is 23.9. The van der Waals surface area contributed by atoms with Crippen molar-refractivity contribution in [3.05, 3.63) is 58.1 Å². The van der Waals surface area contributed by atoms with Crippen molar-refractivity contribution < 1.29 is 4.74 Å². The third-order valence-electron chi connectivity index (χ3n) is 6.75. The lowest BCUT2D eigenvalue weighted by atomic mass is 9.88. The minimum atomic E-state index is -0.155. The minimum Gasteiger partial charge on any atom is -0.485 e. The van der Waals surface area contributed by atoms with E-state index in [9.17, 15) is 0 Å². The predicted octanol–water partition coefficient (Wildman–Crippen LogP) is 5.61. The Balaban J connectivity index is 0.00000150. The van der Waals surface area contributed by atoms with Gasteiger partial charge >= 0.3 is 0 Å². The number of nitrogen functional groups attached to an aromatic ring is 1. The zero-order valence-electron chi connectivity index (χ0n) is 18.0. The van der Waals surface area contributed by atoms with E-state index in [1.165, 1.54) is 40.7 Å². The van der Waals surface area contributed by atoms with E-state index in [4.69, 9.17) is 10.5 Å². The van der Waals surface area contributed by atoms with E-state index < -0.39 is 0 Å². The Morgan fingerprint density at radius 3 is 2.24 bits per heavy atom. The highest BCUT2D eigenvalue weighted by molar-refractivity contribution is 5.85. The van der Waals surface area contributed by atoms with Crippen LogP contribution in [0.15, 0.2) is 30.3 Å². The van der Waals surface area contributed by atoms with Crippen molar-refractivity contribution in [3.8, 4) is 5.75 Å². The van der Waals surface area contributed by atoms with Gasteiger partial charge < -0.3 is 10.5 Å². The van der Waals surface area contributed by atoms with Crippen LogP contribution in [-0.4, -0.2) is 30.1 Å². The van der Waals surface area contributed by atoms with Gasteiger partial charge in [-0.1, -0.05) is 30.3 Å². The van der Waals surface area contributed by atoms with E-state index in [2.05, 4.69) is 62.9 Å². The van der Waals surface area contributed by atoms with Crippen LogP contribution in [-0.2, 0) is 6.42 Å². The van der Waals surface area contributed by atoms with Gasteiger partial charge in [-0.25, -0.2) is 0 Å². The maximum absolute atomic E-state index is 6.56. The van der Waals surface area contributed by atoms with Gasteiger partial charge in [0.25, 0.3) is 0 Å². The zero-order chi connectivity index (χ0) is 19.2. The average molecular weight is 437 g/mol. The Bertz CT molecular complexity index is 809. The summed E-state index contributed by atoms with van der Waals surface area (Å²) in [6.45, 7) is 11.9. The lowest BCUT2D eigenvalue weighted by Crippen LogP contribution is -2.47. The third-order valence-corrected chi connectivity index (χ3v) is 6.75. The number of likely N-dealkylation sites (tertiary alicyclic amines) is 1. The quantitative estimate of drug-likeness (QED) is 0.635. The van der Waals surface area contributed by atoms with Gasteiger partial charge in [0.05, 0.1) is 0 Å². The first-order valence-electron chi connectivity index (χ1n) is 10.2. The molecule has 2 heterocycles. The van der Waals surface area contributed by atoms with Crippen LogP contribution in [0.2, 0.25) is 0 Å². The highest BCUT2D eigenvalue weighted by atomic mass is 35.5. The fourth-order valence-electron chi connectivity index (χ4n) is 4.93. The van der Waals surface area contributed by atoms with E-state index in [1.54, 1.807) is 0 Å². The summed E-state index contributed by atoms with van der Waals surface area (Å²) in [5, 5.41) is 0. The number of halogens is 2. The van der Waals surface area contributed by atoms with Crippen molar-refractivity contribution in [3.63, 3.8) is 0 Å². The number of benzene rings is 2. The first-order chi connectivity index (χ1) is 12.9. The van der Waals surface area contributed by atoms with E-state index >= 15 is 0 Å². The molecule has 2 aromatic carbocycles. The van der Waals surface area contributed by atoms with Crippen molar-refractivity contribution in [1.29, 1.82) is 0 Å². The number of rotatable bonds is 3. The second-order valence-electron chi connectivity index (χ2n) is 8.79. The van der Waals surface area contributed by atoms with Crippen LogP contribution >= 0.6 is 24.8 Å². The fraction of sp³-hybridized carbons (Fsp3) is 0.500. The summed E-state index contributed by atoms with van der Waals surface area (Å²) < 4.78 is 6.56. The molecular weight excluding hydrogens is 403 g/mol. The highest BCUT2D eigenvalue weighted by Crippen LogP contribution is 2.44. The maximum atomic E-state index is 6.56. The van der Waals surface area contributed by atoms with Crippen LogP contribution in [0.1, 0.15) is 53.5 Å². The van der Waals surface area contributed by atoms with Crippen LogP contribution in [0.3, 0.4) is 0 Å². The highest BCUT2D eigenvalue weighted by Gasteiger charge is 2.39. The van der Waals surface area contributed by atoms with Gasteiger partial charge in [0.15, 0.2) is 0 Å². The minimum absolute atomic E-state index is 0. The van der Waals surface area contributed by atoms with E-state index in [1.807, 2.05) is 0 Å². The molecule has 0 spiro atoms. The summed E-state index contributed by atoms with van der Waals surface area (Å²) in [6, 6.07) is 11.0. The number of piperidine rings is 1. The molecule has 160 valence electrons. The normalized spacial score (nSPS) is 21.7. The Hall–Kier alpha value is -1.42. The average Bonchev–Trinajstić information content (AvgIpc) is 3.03. The lowest BCUT2D eigenvalue weighted by Gasteiger charge is -2.37. The molecule has 0 unspecified atom stereocenters. The molecule has 1 fully saturated rings. The molecule has 0 aromatic heterocycles. The Morgan fingerprint density at radius 1 is 1.00 bits per heavy atom. The van der Waals surface area contributed by atoms with Crippen molar-refractivity contribution in [2.45, 2.75) is 58.5 Å². The molecule has 0 amide bonds. The molecule has 4 rings (SSSR count). The van der Waals surface area contributed by atoms with Gasteiger partial charge in [-0.3, -0.25) is 4.90 Å². The van der Waals surface area contributed by atoms with Gasteiger partial charge in [0, 0.05) is 24.2 Å². The first-order valence-corrected chi connectivity index (χ1v) is 10.2. The third kappa shape index (κ3) is 4.52. The van der Waals surface area contributed by atoms with Gasteiger partial charge in [-0.15, -0.1) is 24.8 Å². The second-order valence-corrected chi connectivity index (χ2v) is 8.79. The van der Waals surface area contributed by atoms with Crippen LogP contribution in [0.25, 0.3) is 0 Å². The summed E-state index contributed by atoms with van der Waals surface area (Å²) in [7, 11) is 0. The number of anilines is 1. The number of hydrogen-bond acceptors (Lipinski definition) is 3. The molecule has 29 heavy (non-hydrogen) atoms. The number of hydrogen-bond donors (Lipinski definition) is 1. The number of fused-ring (bicyclic) bond motifs is 1. The van der Waals surface area contributed by atoms with Gasteiger partial charge in [0.1, 0.15) is 11.4 Å². The SMILES string of the molecule is Cc1c(C)c2c(c(C)c1N)C[C@](C)(CN1CCC(c3ccccc3)CC1)O2.Cl.Cl. The van der Waals surface area contributed by atoms with E-state index in [-0.39, 0.29) is 30.4 Å². The molecule has 0 aliphatic carbocycles. The molecule has 2 aromatic rings. The van der Waals surface area contributed by atoms with Crippen molar-refractivity contribution >= 4 is 30.5 Å². The van der Waals surface area contributed by atoms with Gasteiger partial charge in [-0.05, 0) is 81.8 Å². The summed E-state index contributed by atoms with van der Waals surface area (Å²) in [5.41, 5.74) is 13.5. The van der Waals surface area contributed by atoms with Gasteiger partial charge in [-0.2, -0.15) is 0 Å². The van der Waals surface area contributed by atoms with Crippen molar-refractivity contribution in [2.24, 2.45) is 0 Å². The number of nitrogens with two attached hydrogens (primary N) is 1. The largest absolute Gasteiger partial charge is 0.485 e. The van der Waals surface area contributed by atoms with Crippen LogP contribution in [0.5, 0.6) is 5.75 Å². The molecule has 5 heteroatoms. The fourth-order valence-corrected chi connectivity index (χ4v) is 4.93. The molecule has 3 nitrogen and oxygen atoms in total. The number of ether oxygens (including phenoxy) is 1. The summed E-state index contributed by atoms with van der Waals surface area (Å²) >= 11 is 0. The summed E-state index contributed by atoms with van der Waals surface area (Å²) in [5.74, 6) is 1.78. The number of nitrogens with zero attached hydrogens (tertiary/aromatic N) is 1. The molecule has 1 saturated heterocycles. The van der Waals surface area contributed by atoms with E-state index in [0.29, 0.717) is 5.92 Å². The summed E-state index contributed by atoms with van der Waals surface area (Å²) in [6.07, 6.45) is 3.42. The van der Waals surface area contributed by atoms with Crippen molar-refractivity contribution in [2.75, 3.05) is 25.4 Å². The summed E-state index contributed by atoms with van der Waals surface area (Å²) in [4.78, 5) is 2.59. The molecule has 0 bridgehead atoms. The predicted molar refractivity (Wildman–Crippen MR) is 127 cm³/mol. The molecule has 0 saturated carbocycles. The Labute approximate surface area is 187 Å². The Kier molecular flexibility index (Phi) is 7.53. The zero-order valence-corrected chi connectivity index (χ0v) is 19.6. The van der Waals surface area contributed by atoms with Crippen LogP contribution in [0.4, 0.5) is 5.69 Å². The maximum Gasteiger partial charge on any atom is 0.127 e. The molecular formula is C24H34Cl2N2O. The molecule has 2 aliphatic rings. The van der Waals surface area contributed by atoms with Crippen LogP contribution < -0.4 is 10.5 Å². The Morgan fingerprint density at radius 2 is 1.62 bits per heavy atom. The second kappa shape index (κ2) is 9.16. The van der Waals surface area contributed by atoms with Crippen molar-refractivity contribution in [1.82, 2.24) is 4.90 Å². The molecule has 2 aliphatic heterocycles.